The van der Waals surface area contributed by atoms with E-state index < -0.39 is 0 Å². The molecule has 0 aliphatic rings. The summed E-state index contributed by atoms with van der Waals surface area (Å²) < 4.78 is 0. The minimum Gasteiger partial charge on any atom is -0.412 e. The molecule has 13 heavy (non-hydrogen) atoms. The monoisotopic (exact) mass is 199 g/mol. The molecule has 1 aromatic rings. The predicted octanol–water partition coefficient (Wildman–Crippen LogP) is -3.44. The van der Waals surface area contributed by atoms with Crippen molar-refractivity contribution in [2.45, 2.75) is 6.92 Å². The molecule has 0 saturated heterocycles. The molecule has 0 fully saturated rings. The highest BCUT2D eigenvalue weighted by molar-refractivity contribution is 5.00. The molecule has 0 unspecified atom stereocenters. The molecular formula is C6H17NO6. The maximum Gasteiger partial charge on any atom is 0.248 e. The Bertz CT molecular complexity index is 235. The third kappa shape index (κ3) is 10.8. The summed E-state index contributed by atoms with van der Waals surface area (Å²) in [5, 5.41) is 0. The van der Waals surface area contributed by atoms with Crippen LogP contribution in [-0.2, 0) is 0 Å². The Kier molecular flexibility index (Phi) is 30.6. The summed E-state index contributed by atoms with van der Waals surface area (Å²) in [6.45, 7) is 1.85. The van der Waals surface area contributed by atoms with Gasteiger partial charge < -0.3 is 32.4 Å². The van der Waals surface area contributed by atoms with E-state index in [1.54, 1.807) is 6.07 Å². The van der Waals surface area contributed by atoms with Gasteiger partial charge in [0.25, 0.3) is 0 Å². The highest BCUT2D eigenvalue weighted by Crippen LogP contribution is 1.81. The quantitative estimate of drug-likeness (QED) is 0.446. The first-order valence-corrected chi connectivity index (χ1v) is 2.45. The minimum atomic E-state index is -0.0370. The average Bonchev–Trinajstić information content (AvgIpc) is 1.64. The normalized spacial score (nSPS) is 5.62. The largest absolute Gasteiger partial charge is 0.412 e. The molecule has 0 aliphatic carbocycles. The van der Waals surface area contributed by atoms with Gasteiger partial charge in [-0.1, -0.05) is 6.07 Å². The summed E-state index contributed by atoms with van der Waals surface area (Å²) in [6.07, 6.45) is 0. The van der Waals surface area contributed by atoms with Gasteiger partial charge in [0.05, 0.1) is 0 Å². The van der Waals surface area contributed by atoms with Crippen LogP contribution in [0.15, 0.2) is 23.0 Å². The zero-order valence-electron chi connectivity index (χ0n) is 7.14. The summed E-state index contributed by atoms with van der Waals surface area (Å²) in [5.41, 5.74) is 0.863. The van der Waals surface area contributed by atoms with Crippen LogP contribution in [0.4, 0.5) is 0 Å². The third-order valence-corrected chi connectivity index (χ3v) is 0.914. The molecule has 0 saturated carbocycles. The van der Waals surface area contributed by atoms with E-state index in [1.165, 1.54) is 6.07 Å². The van der Waals surface area contributed by atoms with E-state index in [0.717, 1.165) is 5.69 Å². The minimum absolute atomic E-state index is 0. The summed E-state index contributed by atoms with van der Waals surface area (Å²) in [6, 6.07) is 5.07. The fourth-order valence-electron chi connectivity index (χ4n) is 0.558. The molecule has 0 aliphatic heterocycles. The second-order valence-corrected chi connectivity index (χ2v) is 1.70. The highest BCUT2D eigenvalue weighted by atomic mass is 16.1. The summed E-state index contributed by atoms with van der Waals surface area (Å²) in [5.74, 6) is 0. The molecule has 0 amide bonds. The van der Waals surface area contributed by atoms with Crippen molar-refractivity contribution in [1.82, 2.24) is 4.98 Å². The highest BCUT2D eigenvalue weighted by Gasteiger charge is 1.79. The number of nitrogens with one attached hydrogen (secondary N) is 1. The van der Waals surface area contributed by atoms with E-state index >= 15 is 0 Å². The van der Waals surface area contributed by atoms with Crippen LogP contribution < -0.4 is 5.56 Å². The van der Waals surface area contributed by atoms with Crippen molar-refractivity contribution in [1.29, 1.82) is 0 Å². The van der Waals surface area contributed by atoms with Crippen molar-refractivity contribution in [2.75, 3.05) is 0 Å². The van der Waals surface area contributed by atoms with Crippen molar-refractivity contribution in [3.63, 3.8) is 0 Å². The van der Waals surface area contributed by atoms with Gasteiger partial charge in [0.2, 0.25) is 5.56 Å². The van der Waals surface area contributed by atoms with Crippen molar-refractivity contribution < 1.29 is 27.4 Å². The molecule has 0 spiro atoms. The SMILES string of the molecule is Cc1cccc(=O)[nH]1.O.O.O.O.O. The van der Waals surface area contributed by atoms with Gasteiger partial charge in [0, 0.05) is 11.8 Å². The molecule has 82 valence electrons. The lowest BCUT2D eigenvalue weighted by Crippen LogP contribution is -2.02. The topological polar surface area (TPSA) is 190 Å². The van der Waals surface area contributed by atoms with Crippen molar-refractivity contribution in [3.05, 3.63) is 34.2 Å². The molecule has 0 bridgehead atoms. The molecule has 1 rings (SSSR count). The van der Waals surface area contributed by atoms with Crippen molar-refractivity contribution in [3.8, 4) is 0 Å². The van der Waals surface area contributed by atoms with Gasteiger partial charge in [0.15, 0.2) is 0 Å². The van der Waals surface area contributed by atoms with E-state index in [2.05, 4.69) is 4.98 Å². The average molecular weight is 199 g/mol. The van der Waals surface area contributed by atoms with Crippen LogP contribution in [0.5, 0.6) is 0 Å². The second-order valence-electron chi connectivity index (χ2n) is 1.70. The van der Waals surface area contributed by atoms with Gasteiger partial charge in [-0.05, 0) is 13.0 Å². The molecule has 1 aromatic heterocycles. The van der Waals surface area contributed by atoms with Crippen LogP contribution >= 0.6 is 0 Å². The van der Waals surface area contributed by atoms with E-state index in [1.807, 2.05) is 13.0 Å². The van der Waals surface area contributed by atoms with E-state index in [4.69, 9.17) is 0 Å². The lowest BCUT2D eigenvalue weighted by atomic mass is 10.4. The van der Waals surface area contributed by atoms with Gasteiger partial charge in [-0.3, -0.25) is 4.79 Å². The third-order valence-electron chi connectivity index (χ3n) is 0.914. The lowest BCUT2D eigenvalue weighted by molar-refractivity contribution is 0.823. The first-order chi connectivity index (χ1) is 3.79. The Balaban J connectivity index is -0.0000000427. The number of aromatic amines is 1. The van der Waals surface area contributed by atoms with E-state index in [9.17, 15) is 4.79 Å². The Morgan fingerprint density at radius 1 is 1.00 bits per heavy atom. The fourth-order valence-corrected chi connectivity index (χ4v) is 0.558. The molecule has 0 aromatic carbocycles. The van der Waals surface area contributed by atoms with Gasteiger partial charge in [-0.25, -0.2) is 0 Å². The van der Waals surface area contributed by atoms with E-state index in [-0.39, 0.29) is 32.9 Å². The van der Waals surface area contributed by atoms with Crippen LogP contribution in [0.3, 0.4) is 0 Å². The van der Waals surface area contributed by atoms with Crippen LogP contribution in [0.1, 0.15) is 5.69 Å². The van der Waals surface area contributed by atoms with Crippen LogP contribution in [-0.4, -0.2) is 32.4 Å². The Morgan fingerprint density at radius 3 is 1.69 bits per heavy atom. The summed E-state index contributed by atoms with van der Waals surface area (Å²) >= 11 is 0. The van der Waals surface area contributed by atoms with Crippen molar-refractivity contribution in [2.24, 2.45) is 0 Å². The van der Waals surface area contributed by atoms with E-state index in [0.29, 0.717) is 0 Å². The zero-order chi connectivity index (χ0) is 5.98. The smallest absolute Gasteiger partial charge is 0.248 e. The van der Waals surface area contributed by atoms with Crippen molar-refractivity contribution >= 4 is 0 Å². The maximum absolute atomic E-state index is 10.4. The number of aromatic nitrogens is 1. The first kappa shape index (κ1) is 29.8. The van der Waals surface area contributed by atoms with Gasteiger partial charge >= 0.3 is 0 Å². The summed E-state index contributed by atoms with van der Waals surface area (Å²) in [7, 11) is 0. The standard InChI is InChI=1S/C6H7NO.5H2O/c1-5-3-2-4-6(8)7-5;;;;;/h2-4H,1H3,(H,7,8);5*1H2. The molecule has 1 heterocycles. The molecular weight excluding hydrogens is 182 g/mol. The number of rotatable bonds is 0. The Labute approximate surface area is 74.6 Å². The number of aryl methyl sites for hydroxylation is 1. The maximum atomic E-state index is 10.4. The first-order valence-electron chi connectivity index (χ1n) is 2.45. The second kappa shape index (κ2) is 13.3. The molecule has 11 N–H and O–H groups in total. The van der Waals surface area contributed by atoms with Gasteiger partial charge in [0.1, 0.15) is 0 Å². The fraction of sp³-hybridized carbons (Fsp3) is 0.167. The van der Waals surface area contributed by atoms with Gasteiger partial charge in [-0.2, -0.15) is 0 Å². The summed E-state index contributed by atoms with van der Waals surface area (Å²) in [4.78, 5) is 13.0. The molecule has 0 radical (unpaired) electrons. The molecule has 7 nitrogen and oxygen atoms in total. The molecule has 7 heteroatoms. The van der Waals surface area contributed by atoms with Crippen LogP contribution in [0.2, 0.25) is 0 Å². The number of hydrogen-bond donors (Lipinski definition) is 1. The van der Waals surface area contributed by atoms with Crippen LogP contribution in [0.25, 0.3) is 0 Å². The van der Waals surface area contributed by atoms with Crippen LogP contribution in [0, 0.1) is 6.92 Å². The Morgan fingerprint density at radius 2 is 1.46 bits per heavy atom. The van der Waals surface area contributed by atoms with Gasteiger partial charge in [-0.15, -0.1) is 0 Å². The zero-order valence-corrected chi connectivity index (χ0v) is 7.14. The molecule has 0 atom stereocenters. The number of hydrogen-bond acceptors (Lipinski definition) is 1. The predicted molar refractivity (Wildman–Crippen MR) is 49.9 cm³/mol. The lowest BCUT2D eigenvalue weighted by Gasteiger charge is -1.84. The number of pyridine rings is 1. The Hall–Kier alpha value is -1.25. The number of H-pyrrole nitrogens is 1.